The molecule has 2 amide bonds. The third kappa shape index (κ3) is 4.13. The number of hydrogen-bond acceptors (Lipinski definition) is 2. The minimum atomic E-state index is -0.370. The predicted molar refractivity (Wildman–Crippen MR) is 132 cm³/mol. The Kier molecular flexibility index (Phi) is 5.67. The highest BCUT2D eigenvalue weighted by atomic mass is 35.5. The Morgan fingerprint density at radius 1 is 0.848 bits per heavy atom. The van der Waals surface area contributed by atoms with Crippen LogP contribution in [0.2, 0.25) is 10.0 Å². The average Bonchev–Trinajstić information content (AvgIpc) is 3.24. The van der Waals surface area contributed by atoms with Crippen LogP contribution in [0.1, 0.15) is 26.4 Å². The number of nitrogens with one attached hydrogen (secondary N) is 1. The topological polar surface area (TPSA) is 54.3 Å². The number of carbonyl (C=O) groups excluding carboxylic acids is 2. The molecule has 0 unspecified atom stereocenters. The van der Waals surface area contributed by atoms with E-state index in [4.69, 9.17) is 23.2 Å². The van der Waals surface area contributed by atoms with E-state index >= 15 is 0 Å². The summed E-state index contributed by atoms with van der Waals surface area (Å²) in [6.07, 6.45) is 2.77. The molecule has 0 bridgehead atoms. The van der Waals surface area contributed by atoms with Gasteiger partial charge in [-0.2, -0.15) is 0 Å². The summed E-state index contributed by atoms with van der Waals surface area (Å²) in [4.78, 5) is 27.8. The van der Waals surface area contributed by atoms with Crippen molar-refractivity contribution in [2.75, 3.05) is 16.8 Å². The van der Waals surface area contributed by atoms with Crippen LogP contribution in [-0.4, -0.2) is 22.9 Å². The van der Waals surface area contributed by atoms with Gasteiger partial charge in [0.1, 0.15) is 0 Å². The van der Waals surface area contributed by atoms with Crippen molar-refractivity contribution in [3.63, 3.8) is 0 Å². The van der Waals surface area contributed by atoms with E-state index in [0.29, 0.717) is 27.8 Å². The Morgan fingerprint density at radius 2 is 1.61 bits per heavy atom. The summed E-state index contributed by atoms with van der Waals surface area (Å²) in [7, 11) is 0. The van der Waals surface area contributed by atoms with Crippen molar-refractivity contribution >= 4 is 46.4 Å². The minimum Gasteiger partial charge on any atom is -0.322 e. The number of fused-ring (bicyclic) bond motifs is 3. The molecule has 0 atom stereocenters. The van der Waals surface area contributed by atoms with Gasteiger partial charge in [-0.05, 0) is 66.7 Å². The minimum absolute atomic E-state index is 0.0936. The maximum absolute atomic E-state index is 13.4. The van der Waals surface area contributed by atoms with Gasteiger partial charge in [-0.15, -0.1) is 0 Å². The molecule has 0 saturated carbocycles. The number of para-hydroxylation sites is 2. The number of anilines is 2. The van der Waals surface area contributed by atoms with Gasteiger partial charge >= 0.3 is 0 Å². The van der Waals surface area contributed by atoms with Crippen molar-refractivity contribution in [2.24, 2.45) is 0 Å². The number of nitrogens with zero attached hydrogens (tertiary/aromatic N) is 2. The van der Waals surface area contributed by atoms with Crippen molar-refractivity contribution < 1.29 is 9.59 Å². The molecule has 2 heterocycles. The van der Waals surface area contributed by atoms with Gasteiger partial charge in [-0.25, -0.2) is 0 Å². The Hall–Kier alpha value is -3.54. The smallest absolute Gasteiger partial charge is 0.258 e. The van der Waals surface area contributed by atoms with E-state index in [9.17, 15) is 9.59 Å². The Labute approximate surface area is 201 Å². The largest absolute Gasteiger partial charge is 0.322 e. The zero-order valence-corrected chi connectivity index (χ0v) is 19.0. The Balaban J connectivity index is 1.37. The van der Waals surface area contributed by atoms with Crippen LogP contribution >= 0.6 is 23.2 Å². The van der Waals surface area contributed by atoms with Gasteiger partial charge in [-0.3, -0.25) is 9.59 Å². The van der Waals surface area contributed by atoms with Crippen molar-refractivity contribution in [3.8, 4) is 5.69 Å². The second-order valence-electron chi connectivity index (χ2n) is 7.72. The lowest BCUT2D eigenvalue weighted by Crippen LogP contribution is -2.32. The highest BCUT2D eigenvalue weighted by molar-refractivity contribution is 6.36. The summed E-state index contributed by atoms with van der Waals surface area (Å²) in [5.74, 6) is -0.464. The summed E-state index contributed by atoms with van der Waals surface area (Å²) in [6.45, 7) is 0.575. The first-order valence-corrected chi connectivity index (χ1v) is 11.2. The van der Waals surface area contributed by atoms with Gasteiger partial charge in [0.15, 0.2) is 0 Å². The zero-order valence-electron chi connectivity index (χ0n) is 17.5. The van der Waals surface area contributed by atoms with E-state index in [2.05, 4.69) is 16.0 Å². The number of aromatic nitrogens is 1. The monoisotopic (exact) mass is 475 g/mol. The second kappa shape index (κ2) is 8.77. The van der Waals surface area contributed by atoms with Crippen molar-refractivity contribution in [3.05, 3.63) is 112 Å². The molecule has 0 saturated heterocycles. The van der Waals surface area contributed by atoms with Crippen LogP contribution in [-0.2, 0) is 6.42 Å². The first-order valence-electron chi connectivity index (χ1n) is 10.5. The van der Waals surface area contributed by atoms with E-state index in [-0.39, 0.29) is 17.4 Å². The summed E-state index contributed by atoms with van der Waals surface area (Å²) in [5, 5.41) is 3.54. The lowest BCUT2D eigenvalue weighted by atomic mass is 10.1. The highest BCUT2D eigenvalue weighted by Gasteiger charge is 2.24. The van der Waals surface area contributed by atoms with E-state index in [0.717, 1.165) is 23.5 Å². The lowest BCUT2D eigenvalue weighted by Gasteiger charge is -2.23. The average molecular weight is 476 g/mol. The molecule has 7 heteroatoms. The zero-order chi connectivity index (χ0) is 22.9. The van der Waals surface area contributed by atoms with E-state index in [1.165, 1.54) is 6.07 Å². The van der Waals surface area contributed by atoms with E-state index in [1.54, 1.807) is 36.4 Å². The summed E-state index contributed by atoms with van der Waals surface area (Å²) < 4.78 is 2.13. The number of benzene rings is 3. The molecule has 1 aromatic heterocycles. The molecular weight excluding hydrogens is 457 g/mol. The SMILES string of the molecule is O=C(Nc1ccc(C(=O)N2CCc3cccn3-c3ccccc32)cc1)c1cc(Cl)ccc1Cl. The standard InChI is InChI=1S/C26H19Cl2N3O2/c27-18-9-12-22(28)21(16-18)25(32)29-19-10-7-17(8-11-19)26(33)31-15-13-20-4-3-14-30(20)23-5-1-2-6-24(23)31/h1-12,14,16H,13,15H2,(H,29,32). The molecule has 164 valence electrons. The number of rotatable bonds is 3. The Bertz CT molecular complexity index is 1360. The van der Waals surface area contributed by atoms with Crippen LogP contribution in [0.4, 0.5) is 11.4 Å². The maximum Gasteiger partial charge on any atom is 0.258 e. The van der Waals surface area contributed by atoms with Crippen LogP contribution in [0.5, 0.6) is 0 Å². The molecule has 3 aromatic carbocycles. The number of halogens is 2. The quantitative estimate of drug-likeness (QED) is 0.381. The highest BCUT2D eigenvalue weighted by Crippen LogP contribution is 2.31. The van der Waals surface area contributed by atoms with Crippen molar-refractivity contribution in [1.29, 1.82) is 0 Å². The van der Waals surface area contributed by atoms with E-state index < -0.39 is 0 Å². The van der Waals surface area contributed by atoms with Gasteiger partial charge in [0.05, 0.1) is 22.0 Å². The van der Waals surface area contributed by atoms with Crippen LogP contribution in [0.3, 0.4) is 0 Å². The first-order chi connectivity index (χ1) is 16.0. The summed E-state index contributed by atoms with van der Waals surface area (Å²) in [6, 6.07) is 23.5. The lowest BCUT2D eigenvalue weighted by molar-refractivity contribution is 0.0986. The molecule has 1 aliphatic heterocycles. The molecule has 0 radical (unpaired) electrons. The third-order valence-corrected chi connectivity index (χ3v) is 6.23. The summed E-state index contributed by atoms with van der Waals surface area (Å²) >= 11 is 12.1. The van der Waals surface area contributed by atoms with Crippen LogP contribution in [0.25, 0.3) is 5.69 Å². The fraction of sp³-hybridized carbons (Fsp3) is 0.0769. The molecule has 5 nitrogen and oxygen atoms in total. The molecule has 4 aromatic rings. The second-order valence-corrected chi connectivity index (χ2v) is 8.56. The van der Waals surface area contributed by atoms with Crippen LogP contribution < -0.4 is 10.2 Å². The number of hydrogen-bond donors (Lipinski definition) is 1. The van der Waals surface area contributed by atoms with Gasteiger partial charge in [0, 0.05) is 41.1 Å². The molecule has 0 spiro atoms. The van der Waals surface area contributed by atoms with Gasteiger partial charge < -0.3 is 14.8 Å². The number of amides is 2. The van der Waals surface area contributed by atoms with Crippen molar-refractivity contribution in [2.45, 2.75) is 6.42 Å². The van der Waals surface area contributed by atoms with Crippen LogP contribution in [0.15, 0.2) is 85.1 Å². The maximum atomic E-state index is 13.4. The fourth-order valence-electron chi connectivity index (χ4n) is 4.03. The Morgan fingerprint density at radius 3 is 2.39 bits per heavy atom. The number of carbonyl (C=O) groups is 2. The van der Waals surface area contributed by atoms with Crippen LogP contribution in [0, 0.1) is 0 Å². The van der Waals surface area contributed by atoms with Gasteiger partial charge in [0.2, 0.25) is 0 Å². The van der Waals surface area contributed by atoms with Gasteiger partial charge in [-0.1, -0.05) is 35.3 Å². The molecule has 33 heavy (non-hydrogen) atoms. The molecule has 0 fully saturated rings. The molecule has 5 rings (SSSR count). The molecule has 1 aliphatic rings. The summed E-state index contributed by atoms with van der Waals surface area (Å²) in [5.41, 5.74) is 4.39. The molecule has 0 aliphatic carbocycles. The fourth-order valence-corrected chi connectivity index (χ4v) is 4.41. The molecule has 1 N–H and O–H groups in total. The normalized spacial score (nSPS) is 12.5. The van der Waals surface area contributed by atoms with Gasteiger partial charge in [0.25, 0.3) is 11.8 Å². The molecular formula is C26H19Cl2N3O2. The van der Waals surface area contributed by atoms with E-state index in [1.807, 2.05) is 41.4 Å². The first kappa shape index (κ1) is 21.3. The predicted octanol–water partition coefficient (Wildman–Crippen LogP) is 6.24. The third-order valence-electron chi connectivity index (χ3n) is 5.66. The van der Waals surface area contributed by atoms with Crippen molar-refractivity contribution in [1.82, 2.24) is 4.57 Å².